The summed E-state index contributed by atoms with van der Waals surface area (Å²) in [5.41, 5.74) is 0.355. The van der Waals surface area contributed by atoms with Gasteiger partial charge in [0, 0.05) is 9.61 Å². The van der Waals surface area contributed by atoms with Crippen LogP contribution in [-0.4, -0.2) is 23.0 Å². The first-order valence-corrected chi connectivity index (χ1v) is 6.99. The molecule has 0 saturated heterocycles. The lowest BCUT2D eigenvalue weighted by Gasteiger charge is -2.16. The first kappa shape index (κ1) is 15.9. The van der Waals surface area contributed by atoms with Crippen LogP contribution in [0.25, 0.3) is 0 Å². The summed E-state index contributed by atoms with van der Waals surface area (Å²) in [6.07, 6.45) is 1.26. The maximum atomic E-state index is 13.0. The Bertz CT molecular complexity index is 479. The van der Waals surface area contributed by atoms with Crippen LogP contribution in [0.1, 0.15) is 36.5 Å². The molecule has 2 N–H and O–H groups in total. The van der Waals surface area contributed by atoms with Gasteiger partial charge in [-0.2, -0.15) is 0 Å². The third-order valence-electron chi connectivity index (χ3n) is 2.57. The summed E-state index contributed by atoms with van der Waals surface area (Å²) >= 11 is 1.88. The molecule has 0 aromatic heterocycles. The normalized spacial score (nSPS) is 11.9. The van der Waals surface area contributed by atoms with Gasteiger partial charge in [0.1, 0.15) is 5.82 Å². The molecule has 0 saturated carbocycles. The number of nitrogens with one attached hydrogen (secondary N) is 1. The highest BCUT2D eigenvalue weighted by Gasteiger charge is 2.17. The summed E-state index contributed by atoms with van der Waals surface area (Å²) in [6, 6.07) is 3.47. The Morgan fingerprint density at radius 1 is 1.47 bits per heavy atom. The van der Waals surface area contributed by atoms with Gasteiger partial charge < -0.3 is 10.4 Å². The maximum absolute atomic E-state index is 13.0. The minimum atomic E-state index is -0.951. The van der Waals surface area contributed by atoms with Gasteiger partial charge in [0.2, 0.25) is 0 Å². The van der Waals surface area contributed by atoms with Gasteiger partial charge in [0.15, 0.2) is 0 Å². The van der Waals surface area contributed by atoms with E-state index >= 15 is 0 Å². The van der Waals surface area contributed by atoms with Crippen molar-refractivity contribution in [3.05, 3.63) is 33.1 Å². The van der Waals surface area contributed by atoms with E-state index in [2.05, 4.69) is 5.32 Å². The zero-order valence-electron chi connectivity index (χ0n) is 10.5. The number of benzene rings is 1. The average Bonchev–Trinajstić information content (AvgIpc) is 2.27. The Balaban J connectivity index is 2.78. The minimum absolute atomic E-state index is 0.114. The molecule has 1 aromatic carbocycles. The molecule has 0 radical (unpaired) electrons. The van der Waals surface area contributed by atoms with Crippen molar-refractivity contribution in [2.45, 2.75) is 32.2 Å². The van der Waals surface area contributed by atoms with Crippen LogP contribution in [0.2, 0.25) is 0 Å². The number of rotatable bonds is 6. The lowest BCUT2D eigenvalue weighted by Crippen LogP contribution is -2.36. The molecule has 1 unspecified atom stereocenters. The van der Waals surface area contributed by atoms with Crippen LogP contribution in [0.5, 0.6) is 0 Å². The average molecular weight is 379 g/mol. The molecule has 0 bridgehead atoms. The molecule has 4 nitrogen and oxygen atoms in total. The van der Waals surface area contributed by atoms with Crippen molar-refractivity contribution < 1.29 is 19.1 Å². The molecule has 1 atom stereocenters. The number of carboxylic acids is 1. The number of amides is 1. The maximum Gasteiger partial charge on any atom is 0.305 e. The van der Waals surface area contributed by atoms with Gasteiger partial charge in [-0.25, -0.2) is 4.39 Å². The Morgan fingerprint density at radius 2 is 2.16 bits per heavy atom. The summed E-state index contributed by atoms with van der Waals surface area (Å²) in [7, 11) is 0. The predicted octanol–water partition coefficient (Wildman–Crippen LogP) is 2.80. The molecule has 0 heterocycles. The first-order chi connectivity index (χ1) is 8.93. The van der Waals surface area contributed by atoms with Crippen molar-refractivity contribution in [3.63, 3.8) is 0 Å². The van der Waals surface area contributed by atoms with Crippen molar-refractivity contribution in [2.24, 2.45) is 0 Å². The molecular weight excluding hydrogens is 364 g/mol. The van der Waals surface area contributed by atoms with Gasteiger partial charge in [-0.1, -0.05) is 13.3 Å². The fourth-order valence-corrected chi connectivity index (χ4v) is 2.44. The highest BCUT2D eigenvalue weighted by molar-refractivity contribution is 14.1. The number of carbonyl (C=O) groups excluding carboxylic acids is 1. The molecule has 0 fully saturated rings. The van der Waals surface area contributed by atoms with E-state index in [1.807, 2.05) is 29.5 Å². The van der Waals surface area contributed by atoms with E-state index in [0.29, 0.717) is 15.6 Å². The third kappa shape index (κ3) is 5.14. The van der Waals surface area contributed by atoms with Gasteiger partial charge in [0.05, 0.1) is 12.0 Å². The number of carbonyl (C=O) groups is 2. The Morgan fingerprint density at radius 3 is 2.68 bits per heavy atom. The minimum Gasteiger partial charge on any atom is -0.481 e. The van der Waals surface area contributed by atoms with Crippen molar-refractivity contribution in [2.75, 3.05) is 0 Å². The van der Waals surface area contributed by atoms with Crippen molar-refractivity contribution in [1.82, 2.24) is 5.32 Å². The molecule has 1 rings (SSSR count). The number of halogens is 2. The van der Waals surface area contributed by atoms with Crippen molar-refractivity contribution >= 4 is 34.5 Å². The first-order valence-electron chi connectivity index (χ1n) is 5.91. The summed E-state index contributed by atoms with van der Waals surface area (Å²) in [5, 5.41) is 11.5. The van der Waals surface area contributed by atoms with E-state index in [0.717, 1.165) is 6.42 Å². The molecule has 6 heteroatoms. The SMILES string of the molecule is CCCC(CC(=O)O)NC(=O)c1ccc(F)cc1I. The molecular formula is C13H15FINO3. The standard InChI is InChI=1S/C13H15FINO3/c1-2-3-9(7-12(17)18)16-13(19)10-5-4-8(14)6-11(10)15/h4-6,9H,2-3,7H2,1H3,(H,16,19)(H,17,18). The fourth-order valence-electron chi connectivity index (χ4n) is 1.72. The number of hydrogen-bond acceptors (Lipinski definition) is 2. The number of aliphatic carboxylic acids is 1. The van der Waals surface area contributed by atoms with Crippen LogP contribution >= 0.6 is 22.6 Å². The van der Waals surface area contributed by atoms with E-state index in [1.165, 1.54) is 18.2 Å². The second-order valence-electron chi connectivity index (χ2n) is 4.18. The molecule has 1 aromatic rings. The van der Waals surface area contributed by atoms with Crippen LogP contribution < -0.4 is 5.32 Å². The lowest BCUT2D eigenvalue weighted by atomic mass is 10.1. The van der Waals surface area contributed by atoms with Gasteiger partial charge in [0.25, 0.3) is 5.91 Å². The highest BCUT2D eigenvalue weighted by atomic mass is 127. The van der Waals surface area contributed by atoms with Gasteiger partial charge in [-0.15, -0.1) is 0 Å². The Hall–Kier alpha value is -1.18. The summed E-state index contributed by atoms with van der Waals surface area (Å²) < 4.78 is 13.5. The molecule has 0 aliphatic carbocycles. The lowest BCUT2D eigenvalue weighted by molar-refractivity contribution is -0.137. The smallest absolute Gasteiger partial charge is 0.305 e. The topological polar surface area (TPSA) is 66.4 Å². The number of hydrogen-bond donors (Lipinski definition) is 2. The quantitative estimate of drug-likeness (QED) is 0.748. The van der Waals surface area contributed by atoms with E-state index in [-0.39, 0.29) is 12.3 Å². The Kier molecular flexibility index (Phi) is 6.20. The second-order valence-corrected chi connectivity index (χ2v) is 5.34. The fraction of sp³-hybridized carbons (Fsp3) is 0.385. The molecule has 104 valence electrons. The van der Waals surface area contributed by atoms with E-state index in [4.69, 9.17) is 5.11 Å². The number of carboxylic acid groups (broad SMARTS) is 1. The molecule has 0 aliphatic rings. The zero-order valence-corrected chi connectivity index (χ0v) is 12.6. The highest BCUT2D eigenvalue weighted by Crippen LogP contribution is 2.14. The van der Waals surface area contributed by atoms with E-state index in [9.17, 15) is 14.0 Å². The predicted molar refractivity (Wildman–Crippen MR) is 77.5 cm³/mol. The van der Waals surface area contributed by atoms with Crippen molar-refractivity contribution in [1.29, 1.82) is 0 Å². The van der Waals surface area contributed by atoms with Gasteiger partial charge in [-0.05, 0) is 47.2 Å². The van der Waals surface area contributed by atoms with Gasteiger partial charge >= 0.3 is 5.97 Å². The van der Waals surface area contributed by atoms with Crippen LogP contribution in [0.15, 0.2) is 18.2 Å². The summed E-state index contributed by atoms with van der Waals surface area (Å²) in [5.74, 6) is -1.73. The van der Waals surface area contributed by atoms with Gasteiger partial charge in [-0.3, -0.25) is 9.59 Å². The second kappa shape index (κ2) is 7.42. The van der Waals surface area contributed by atoms with E-state index < -0.39 is 17.8 Å². The monoisotopic (exact) mass is 379 g/mol. The largest absolute Gasteiger partial charge is 0.481 e. The molecule has 1 amide bonds. The molecule has 0 aliphatic heterocycles. The Labute approximate surface area is 124 Å². The molecule has 0 spiro atoms. The van der Waals surface area contributed by atoms with Crippen LogP contribution in [0.3, 0.4) is 0 Å². The summed E-state index contributed by atoms with van der Waals surface area (Å²) in [6.45, 7) is 1.92. The summed E-state index contributed by atoms with van der Waals surface area (Å²) in [4.78, 5) is 22.7. The van der Waals surface area contributed by atoms with Crippen LogP contribution in [0.4, 0.5) is 4.39 Å². The third-order valence-corrected chi connectivity index (χ3v) is 3.46. The van der Waals surface area contributed by atoms with E-state index in [1.54, 1.807) is 0 Å². The van der Waals surface area contributed by atoms with Crippen LogP contribution in [-0.2, 0) is 4.79 Å². The van der Waals surface area contributed by atoms with Crippen molar-refractivity contribution in [3.8, 4) is 0 Å². The zero-order chi connectivity index (χ0) is 14.4. The molecule has 19 heavy (non-hydrogen) atoms. The van der Waals surface area contributed by atoms with Crippen LogP contribution in [0, 0.1) is 9.39 Å².